The van der Waals surface area contributed by atoms with Crippen LogP contribution in [0.3, 0.4) is 0 Å². The van der Waals surface area contributed by atoms with Crippen molar-refractivity contribution in [2.75, 3.05) is 26.3 Å². The van der Waals surface area contributed by atoms with E-state index < -0.39 is 0 Å². The Morgan fingerprint density at radius 3 is 2.62 bits per heavy atom. The molecule has 1 aromatic rings. The van der Waals surface area contributed by atoms with E-state index >= 15 is 0 Å². The lowest BCUT2D eigenvalue weighted by atomic mass is 9.56. The number of rotatable bonds is 2. The second-order valence-corrected chi connectivity index (χ2v) is 9.03. The van der Waals surface area contributed by atoms with E-state index in [9.17, 15) is 0 Å². The van der Waals surface area contributed by atoms with Crippen molar-refractivity contribution >= 4 is 17.4 Å². The van der Waals surface area contributed by atoms with Gasteiger partial charge in [-0.1, -0.05) is 30.7 Å². The van der Waals surface area contributed by atoms with Gasteiger partial charge in [-0.25, -0.2) is 0 Å². The first kappa shape index (κ1) is 17.1. The summed E-state index contributed by atoms with van der Waals surface area (Å²) in [5, 5.41) is 0.834. The van der Waals surface area contributed by atoms with Crippen LogP contribution in [-0.2, 0) is 10.2 Å². The van der Waals surface area contributed by atoms with Crippen LogP contribution < -0.4 is 0 Å². The summed E-state index contributed by atoms with van der Waals surface area (Å²) in [4.78, 5) is 8.10. The lowest BCUT2D eigenvalue weighted by molar-refractivity contribution is 0.0672. The molecule has 0 aromatic heterocycles. The number of hydrogen-bond donors (Lipinski definition) is 0. The Morgan fingerprint density at radius 2 is 1.88 bits per heavy atom. The molecule has 4 unspecified atom stereocenters. The highest BCUT2D eigenvalue weighted by atomic mass is 35.5. The minimum Gasteiger partial charge on any atom is -0.378 e. The highest BCUT2D eigenvalue weighted by Crippen LogP contribution is 2.68. The maximum atomic E-state index is 6.22. The summed E-state index contributed by atoms with van der Waals surface area (Å²) >= 11 is 6.22. The maximum absolute atomic E-state index is 6.22. The van der Waals surface area contributed by atoms with Crippen LogP contribution in [-0.4, -0.2) is 42.6 Å². The fourth-order valence-corrected chi connectivity index (χ4v) is 7.05. The molecular weight excluding hydrogens is 344 g/mol. The van der Waals surface area contributed by atoms with Crippen molar-refractivity contribution in [3.63, 3.8) is 0 Å². The van der Waals surface area contributed by atoms with E-state index in [1.54, 1.807) is 0 Å². The molecule has 1 aromatic carbocycles. The normalized spacial score (nSPS) is 39.0. The summed E-state index contributed by atoms with van der Waals surface area (Å²) in [6, 6.07) is 8.73. The summed E-state index contributed by atoms with van der Waals surface area (Å²) in [6.45, 7) is 6.08. The SMILES string of the molecule is CCC1(c2ccc(Cl)cc2)C2CCC(C2)C12CCC(N1CCOCC1)=N2. The first-order valence-corrected chi connectivity index (χ1v) is 10.7. The van der Waals surface area contributed by atoms with Gasteiger partial charge in [-0.3, -0.25) is 4.99 Å². The first-order chi connectivity index (χ1) is 12.7. The quantitative estimate of drug-likeness (QED) is 0.752. The molecule has 2 bridgehead atoms. The number of fused-ring (bicyclic) bond motifs is 3. The van der Waals surface area contributed by atoms with Crippen molar-refractivity contribution in [2.45, 2.75) is 56.4 Å². The van der Waals surface area contributed by atoms with Gasteiger partial charge in [0.2, 0.25) is 0 Å². The predicted octanol–water partition coefficient (Wildman–Crippen LogP) is 4.68. The van der Waals surface area contributed by atoms with Gasteiger partial charge >= 0.3 is 0 Å². The van der Waals surface area contributed by atoms with Gasteiger partial charge in [0.1, 0.15) is 0 Å². The Bertz CT molecular complexity index is 711. The molecule has 4 aliphatic rings. The van der Waals surface area contributed by atoms with Gasteiger partial charge in [0.05, 0.1) is 24.6 Å². The van der Waals surface area contributed by atoms with Gasteiger partial charge < -0.3 is 9.64 Å². The Balaban J connectivity index is 1.59. The summed E-state index contributed by atoms with van der Waals surface area (Å²) in [5.41, 5.74) is 1.77. The Kier molecular flexibility index (Phi) is 4.09. The monoisotopic (exact) mass is 372 g/mol. The number of aliphatic imine (C=N–C) groups is 1. The van der Waals surface area contributed by atoms with Crippen molar-refractivity contribution in [3.05, 3.63) is 34.9 Å². The second kappa shape index (κ2) is 6.24. The van der Waals surface area contributed by atoms with Gasteiger partial charge in [0, 0.05) is 29.9 Å². The van der Waals surface area contributed by atoms with Crippen LogP contribution >= 0.6 is 11.6 Å². The largest absolute Gasteiger partial charge is 0.378 e. The van der Waals surface area contributed by atoms with E-state index in [0.717, 1.165) is 49.6 Å². The van der Waals surface area contributed by atoms with Crippen molar-refractivity contribution in [1.29, 1.82) is 0 Å². The van der Waals surface area contributed by atoms with Crippen LogP contribution in [0.1, 0.15) is 51.0 Å². The minimum absolute atomic E-state index is 0.103. The molecule has 140 valence electrons. The highest BCUT2D eigenvalue weighted by molar-refractivity contribution is 6.30. The standard InChI is InChI=1S/C22H29ClN2O/c1-2-21(16-5-7-19(23)8-6-16)17-3-4-18(15-17)22(21)10-9-20(24-22)25-11-13-26-14-12-25/h5-8,17-18H,2-4,9-15H2,1H3. The molecule has 3 nitrogen and oxygen atoms in total. The number of benzene rings is 1. The average molecular weight is 373 g/mol. The molecule has 0 radical (unpaired) electrons. The first-order valence-electron chi connectivity index (χ1n) is 10.4. The molecule has 2 aliphatic heterocycles. The topological polar surface area (TPSA) is 24.8 Å². The van der Waals surface area contributed by atoms with E-state index in [1.165, 1.54) is 43.5 Å². The zero-order chi connectivity index (χ0) is 17.8. The summed E-state index contributed by atoms with van der Waals surface area (Å²) in [5.74, 6) is 2.88. The van der Waals surface area contributed by atoms with Crippen LogP contribution in [0, 0.1) is 11.8 Å². The number of nitrogens with zero attached hydrogens (tertiary/aromatic N) is 2. The zero-order valence-electron chi connectivity index (χ0n) is 15.7. The summed E-state index contributed by atoms with van der Waals surface area (Å²) < 4.78 is 5.56. The molecule has 0 N–H and O–H groups in total. The fraction of sp³-hybridized carbons (Fsp3) is 0.682. The van der Waals surface area contributed by atoms with E-state index in [2.05, 4.69) is 36.1 Å². The van der Waals surface area contributed by atoms with Gasteiger partial charge in [-0.15, -0.1) is 0 Å². The van der Waals surface area contributed by atoms with Gasteiger partial charge in [0.15, 0.2) is 0 Å². The predicted molar refractivity (Wildman–Crippen MR) is 106 cm³/mol. The molecule has 2 aliphatic carbocycles. The van der Waals surface area contributed by atoms with Crippen LogP contribution in [0.2, 0.25) is 5.02 Å². The third-order valence-electron chi connectivity index (χ3n) is 7.93. The molecule has 1 saturated heterocycles. The third kappa shape index (κ3) is 2.19. The van der Waals surface area contributed by atoms with Crippen LogP contribution in [0.5, 0.6) is 0 Å². The molecule has 2 saturated carbocycles. The van der Waals surface area contributed by atoms with Crippen LogP contribution in [0.25, 0.3) is 0 Å². The van der Waals surface area contributed by atoms with Gasteiger partial charge in [-0.05, 0) is 61.6 Å². The van der Waals surface area contributed by atoms with Crippen LogP contribution in [0.4, 0.5) is 0 Å². The molecular formula is C22H29ClN2O. The zero-order valence-corrected chi connectivity index (χ0v) is 16.5. The summed E-state index contributed by atoms with van der Waals surface area (Å²) in [7, 11) is 0. The highest BCUT2D eigenvalue weighted by Gasteiger charge is 2.68. The number of ether oxygens (including phenoxy) is 1. The smallest absolute Gasteiger partial charge is 0.0998 e. The summed E-state index contributed by atoms with van der Waals surface area (Å²) in [6.07, 6.45) is 7.62. The Labute approximate surface area is 161 Å². The lowest BCUT2D eigenvalue weighted by Gasteiger charge is -2.50. The van der Waals surface area contributed by atoms with Gasteiger partial charge in [-0.2, -0.15) is 0 Å². The Hall–Kier alpha value is -1.06. The second-order valence-electron chi connectivity index (χ2n) is 8.59. The molecule has 0 amide bonds. The van der Waals surface area contributed by atoms with Crippen LogP contribution in [0.15, 0.2) is 29.3 Å². The molecule has 4 heteroatoms. The lowest BCUT2D eigenvalue weighted by Crippen LogP contribution is -2.53. The number of halogens is 1. The molecule has 1 spiro atoms. The molecule has 2 heterocycles. The number of hydrogen-bond acceptors (Lipinski definition) is 3. The van der Waals surface area contributed by atoms with E-state index in [1.807, 2.05) is 0 Å². The molecule has 3 fully saturated rings. The van der Waals surface area contributed by atoms with E-state index in [-0.39, 0.29) is 11.0 Å². The number of amidine groups is 1. The fourth-order valence-electron chi connectivity index (χ4n) is 6.93. The number of morpholine rings is 1. The van der Waals surface area contributed by atoms with Crippen molar-refractivity contribution in [3.8, 4) is 0 Å². The minimum atomic E-state index is 0.103. The van der Waals surface area contributed by atoms with E-state index in [0.29, 0.717) is 0 Å². The molecule has 4 atom stereocenters. The molecule has 5 rings (SSSR count). The van der Waals surface area contributed by atoms with Crippen molar-refractivity contribution in [1.82, 2.24) is 4.90 Å². The van der Waals surface area contributed by atoms with Gasteiger partial charge in [0.25, 0.3) is 0 Å². The Morgan fingerprint density at radius 1 is 1.15 bits per heavy atom. The van der Waals surface area contributed by atoms with Crippen molar-refractivity contribution < 1.29 is 4.74 Å². The third-order valence-corrected chi connectivity index (χ3v) is 8.18. The van der Waals surface area contributed by atoms with E-state index in [4.69, 9.17) is 21.3 Å². The van der Waals surface area contributed by atoms with Crippen molar-refractivity contribution in [2.24, 2.45) is 16.8 Å². The molecule has 26 heavy (non-hydrogen) atoms. The average Bonchev–Trinajstić information content (AvgIpc) is 3.39. The maximum Gasteiger partial charge on any atom is 0.0998 e.